The lowest BCUT2D eigenvalue weighted by atomic mass is 9.97. The topological polar surface area (TPSA) is 104 Å². The van der Waals surface area contributed by atoms with Gasteiger partial charge in [0.2, 0.25) is 5.91 Å². The number of pyridine rings is 2. The Balaban J connectivity index is 1.78. The van der Waals surface area contributed by atoms with E-state index in [1.54, 1.807) is 49.6 Å². The molecule has 0 radical (unpaired) electrons. The molecular formula is C33H36N6O3. The van der Waals surface area contributed by atoms with Crippen LogP contribution in [-0.4, -0.2) is 59.0 Å². The molecule has 1 unspecified atom stereocenters. The summed E-state index contributed by atoms with van der Waals surface area (Å²) in [5, 5.41) is 10.3. The molecule has 0 aliphatic heterocycles. The zero-order chi connectivity index (χ0) is 30.6. The van der Waals surface area contributed by atoms with Crippen molar-refractivity contribution in [1.82, 2.24) is 19.4 Å². The Kier molecular flexibility index (Phi) is 8.88. The van der Waals surface area contributed by atoms with Crippen molar-refractivity contribution in [2.45, 2.75) is 33.9 Å². The number of carbonyl (C=O) groups excluding carboxylic acids is 2. The first-order valence-corrected chi connectivity index (χ1v) is 13.7. The van der Waals surface area contributed by atoms with Crippen molar-refractivity contribution in [3.05, 3.63) is 78.9 Å². The minimum absolute atomic E-state index is 0.153. The Hall–Kier alpha value is -4.81. The number of aromatic nitrogens is 3. The lowest BCUT2D eigenvalue weighted by molar-refractivity contribution is -0.162. The van der Waals surface area contributed by atoms with Crippen LogP contribution in [0.4, 0.5) is 5.69 Å². The Morgan fingerprint density at radius 3 is 2.50 bits per heavy atom. The van der Waals surface area contributed by atoms with Gasteiger partial charge in [-0.15, -0.1) is 0 Å². The standard InChI is InChI=1S/C33H36N6O3/c1-22(42-32(41)33(2,3)4)39-21-29(24-11-8-10-23(14-24)17-34)28-16-26(19-36-31(28)39)25-15-27(20-35-18-25)38(7)30(40)12-9-13-37(5)6/h8-12,14-16,18-22H,13H2,1-7H3. The third-order valence-corrected chi connectivity index (χ3v) is 6.76. The molecule has 3 aromatic heterocycles. The van der Waals surface area contributed by atoms with Gasteiger partial charge in [0.05, 0.1) is 28.9 Å². The zero-order valence-corrected chi connectivity index (χ0v) is 25.1. The Labute approximate surface area is 246 Å². The highest BCUT2D eigenvalue weighted by atomic mass is 16.6. The number of rotatable bonds is 8. The highest BCUT2D eigenvalue weighted by molar-refractivity contribution is 6.01. The molecule has 4 aromatic rings. The van der Waals surface area contributed by atoms with E-state index < -0.39 is 11.6 Å². The van der Waals surface area contributed by atoms with E-state index in [0.717, 1.165) is 27.6 Å². The van der Waals surface area contributed by atoms with Gasteiger partial charge in [0.25, 0.3) is 0 Å². The predicted molar refractivity (Wildman–Crippen MR) is 164 cm³/mol. The third-order valence-electron chi connectivity index (χ3n) is 6.76. The summed E-state index contributed by atoms with van der Waals surface area (Å²) in [6.45, 7) is 7.91. The van der Waals surface area contributed by atoms with Gasteiger partial charge >= 0.3 is 5.97 Å². The van der Waals surface area contributed by atoms with Crippen LogP contribution >= 0.6 is 0 Å². The molecule has 3 heterocycles. The van der Waals surface area contributed by atoms with Crippen molar-refractivity contribution in [1.29, 1.82) is 5.26 Å². The van der Waals surface area contributed by atoms with E-state index in [0.29, 0.717) is 23.4 Å². The highest BCUT2D eigenvalue weighted by Crippen LogP contribution is 2.35. The van der Waals surface area contributed by atoms with Gasteiger partial charge in [-0.25, -0.2) is 4.98 Å². The van der Waals surface area contributed by atoms with Crippen LogP contribution in [0, 0.1) is 16.7 Å². The van der Waals surface area contributed by atoms with Crippen LogP contribution in [0.15, 0.2) is 73.3 Å². The number of carbonyl (C=O) groups is 2. The lowest BCUT2D eigenvalue weighted by Gasteiger charge is -2.22. The van der Waals surface area contributed by atoms with Crippen LogP contribution in [0.1, 0.15) is 39.5 Å². The number of benzene rings is 1. The Bertz CT molecular complexity index is 1690. The molecule has 0 saturated heterocycles. The number of likely N-dealkylation sites (N-methyl/N-ethyl adjacent to an activating group) is 2. The molecule has 0 saturated carbocycles. The van der Waals surface area contributed by atoms with E-state index in [1.165, 1.54) is 0 Å². The number of nitriles is 1. The maximum atomic E-state index is 12.7. The van der Waals surface area contributed by atoms with Crippen molar-refractivity contribution >= 4 is 28.6 Å². The summed E-state index contributed by atoms with van der Waals surface area (Å²) in [5.41, 5.74) is 4.43. The maximum absolute atomic E-state index is 12.7. The van der Waals surface area contributed by atoms with E-state index >= 15 is 0 Å². The normalized spacial score (nSPS) is 12.5. The molecule has 0 aliphatic carbocycles. The minimum atomic E-state index is -0.656. The lowest BCUT2D eigenvalue weighted by Crippen LogP contribution is -2.26. The maximum Gasteiger partial charge on any atom is 0.313 e. The van der Waals surface area contributed by atoms with Gasteiger partial charge in [0, 0.05) is 60.3 Å². The predicted octanol–water partition coefficient (Wildman–Crippen LogP) is 5.83. The van der Waals surface area contributed by atoms with Gasteiger partial charge in [0.15, 0.2) is 6.23 Å². The second kappa shape index (κ2) is 12.4. The number of hydrogen-bond acceptors (Lipinski definition) is 7. The molecule has 1 amide bonds. The molecule has 42 heavy (non-hydrogen) atoms. The van der Waals surface area contributed by atoms with Gasteiger partial charge in [-0.3, -0.25) is 19.1 Å². The average molecular weight is 565 g/mol. The monoisotopic (exact) mass is 564 g/mol. The number of fused-ring (bicyclic) bond motifs is 1. The second-order valence-corrected chi connectivity index (χ2v) is 11.5. The number of amides is 1. The first-order valence-electron chi connectivity index (χ1n) is 13.7. The van der Waals surface area contributed by atoms with E-state index in [1.807, 2.05) is 86.9 Å². The van der Waals surface area contributed by atoms with Crippen LogP contribution in [0.3, 0.4) is 0 Å². The molecule has 1 aromatic carbocycles. The highest BCUT2D eigenvalue weighted by Gasteiger charge is 2.27. The van der Waals surface area contributed by atoms with Gasteiger partial charge in [-0.05, 0) is 71.6 Å². The summed E-state index contributed by atoms with van der Waals surface area (Å²) >= 11 is 0. The van der Waals surface area contributed by atoms with E-state index in [9.17, 15) is 14.9 Å². The molecular weight excluding hydrogens is 528 g/mol. The van der Waals surface area contributed by atoms with Crippen molar-refractivity contribution in [2.75, 3.05) is 32.6 Å². The summed E-state index contributed by atoms with van der Waals surface area (Å²) in [4.78, 5) is 38.1. The number of ether oxygens (including phenoxy) is 1. The van der Waals surface area contributed by atoms with E-state index in [2.05, 4.69) is 11.1 Å². The fourth-order valence-corrected chi connectivity index (χ4v) is 4.31. The summed E-state index contributed by atoms with van der Waals surface area (Å²) < 4.78 is 7.63. The molecule has 1 atom stereocenters. The van der Waals surface area contributed by atoms with Gasteiger partial charge in [-0.2, -0.15) is 5.26 Å². The van der Waals surface area contributed by atoms with E-state index in [4.69, 9.17) is 9.72 Å². The smallest absolute Gasteiger partial charge is 0.313 e. The van der Waals surface area contributed by atoms with E-state index in [-0.39, 0.29) is 11.9 Å². The van der Waals surface area contributed by atoms with Crippen LogP contribution < -0.4 is 4.90 Å². The van der Waals surface area contributed by atoms with Crippen molar-refractivity contribution < 1.29 is 14.3 Å². The summed E-state index contributed by atoms with van der Waals surface area (Å²) in [7, 11) is 5.59. The van der Waals surface area contributed by atoms with Crippen LogP contribution in [0.2, 0.25) is 0 Å². The third kappa shape index (κ3) is 6.73. The Morgan fingerprint density at radius 2 is 1.81 bits per heavy atom. The van der Waals surface area contributed by atoms with Gasteiger partial charge in [0.1, 0.15) is 5.65 Å². The second-order valence-electron chi connectivity index (χ2n) is 11.5. The molecule has 0 aliphatic rings. The number of hydrogen-bond donors (Lipinski definition) is 0. The van der Waals surface area contributed by atoms with Crippen LogP contribution in [0.5, 0.6) is 0 Å². The number of nitrogens with zero attached hydrogens (tertiary/aromatic N) is 6. The molecule has 0 bridgehead atoms. The molecule has 9 nitrogen and oxygen atoms in total. The number of esters is 1. The average Bonchev–Trinajstić information content (AvgIpc) is 3.35. The van der Waals surface area contributed by atoms with Crippen LogP contribution in [-0.2, 0) is 14.3 Å². The summed E-state index contributed by atoms with van der Waals surface area (Å²) in [6.07, 6.45) is 9.78. The fourth-order valence-electron chi connectivity index (χ4n) is 4.31. The zero-order valence-electron chi connectivity index (χ0n) is 25.1. The molecule has 9 heteroatoms. The fraction of sp³-hybridized carbons (Fsp3) is 0.303. The van der Waals surface area contributed by atoms with Gasteiger partial charge < -0.3 is 14.5 Å². The number of anilines is 1. The SMILES string of the molecule is CC(OC(=O)C(C)(C)C)n1cc(-c2cccc(C#N)c2)c2cc(-c3cncc(N(C)C(=O)C=CCN(C)C)c3)cnc21. The van der Waals surface area contributed by atoms with Gasteiger partial charge in [-0.1, -0.05) is 18.2 Å². The van der Waals surface area contributed by atoms with Crippen molar-refractivity contribution in [3.8, 4) is 28.3 Å². The molecule has 0 N–H and O–H groups in total. The first-order chi connectivity index (χ1) is 19.9. The minimum Gasteiger partial charge on any atom is -0.441 e. The first kappa shape index (κ1) is 30.2. The Morgan fingerprint density at radius 1 is 1.07 bits per heavy atom. The summed E-state index contributed by atoms with van der Waals surface area (Å²) in [6, 6.07) is 13.5. The van der Waals surface area contributed by atoms with Crippen LogP contribution in [0.25, 0.3) is 33.3 Å². The largest absolute Gasteiger partial charge is 0.441 e. The summed E-state index contributed by atoms with van der Waals surface area (Å²) in [5.74, 6) is -0.473. The van der Waals surface area contributed by atoms with Crippen molar-refractivity contribution in [3.63, 3.8) is 0 Å². The molecule has 0 spiro atoms. The van der Waals surface area contributed by atoms with Crippen molar-refractivity contribution in [2.24, 2.45) is 5.41 Å². The molecule has 216 valence electrons. The molecule has 4 rings (SSSR count). The quantitative estimate of drug-likeness (QED) is 0.196. The molecule has 0 fully saturated rings.